The van der Waals surface area contributed by atoms with Gasteiger partial charge in [-0.15, -0.1) is 0 Å². The number of hydrogen-bond acceptors (Lipinski definition) is 5. The van der Waals surface area contributed by atoms with Crippen molar-refractivity contribution in [1.29, 1.82) is 0 Å². The number of halogens is 1. The van der Waals surface area contributed by atoms with Crippen LogP contribution in [0.5, 0.6) is 5.75 Å². The molecule has 28 heavy (non-hydrogen) atoms. The molecule has 0 fully saturated rings. The van der Waals surface area contributed by atoms with Gasteiger partial charge in [-0.25, -0.2) is 4.98 Å². The van der Waals surface area contributed by atoms with E-state index in [1.54, 1.807) is 7.11 Å². The van der Waals surface area contributed by atoms with Gasteiger partial charge in [0.2, 0.25) is 5.95 Å². The van der Waals surface area contributed by atoms with Gasteiger partial charge in [0.15, 0.2) is 0 Å². The Labute approximate surface area is 168 Å². The molecule has 5 nitrogen and oxygen atoms in total. The summed E-state index contributed by atoms with van der Waals surface area (Å²) in [6.45, 7) is 1.99. The summed E-state index contributed by atoms with van der Waals surface area (Å²) in [5, 5.41) is 8.32. The molecule has 0 atom stereocenters. The largest absolute Gasteiger partial charge is 0.497 e. The van der Waals surface area contributed by atoms with Crippen molar-refractivity contribution < 1.29 is 4.74 Å². The minimum atomic E-state index is 0.514. The molecule has 1 aromatic heterocycles. The van der Waals surface area contributed by atoms with E-state index < -0.39 is 0 Å². The van der Waals surface area contributed by atoms with E-state index in [2.05, 4.69) is 15.6 Å². The van der Waals surface area contributed by atoms with Gasteiger partial charge in [0.05, 0.1) is 12.6 Å². The smallest absolute Gasteiger partial charge is 0.229 e. The summed E-state index contributed by atoms with van der Waals surface area (Å²) >= 11 is 6.06. The summed E-state index contributed by atoms with van der Waals surface area (Å²) in [6.07, 6.45) is 0. The Hall–Kier alpha value is -3.31. The Morgan fingerprint density at radius 1 is 0.893 bits per heavy atom. The number of methoxy groups -OCH3 is 1. The number of ether oxygens (including phenoxy) is 1. The molecule has 140 valence electrons. The fourth-order valence-electron chi connectivity index (χ4n) is 2.93. The molecule has 4 rings (SSSR count). The molecule has 0 aliphatic carbocycles. The Kier molecular flexibility index (Phi) is 5.00. The van der Waals surface area contributed by atoms with Crippen molar-refractivity contribution >= 4 is 45.6 Å². The van der Waals surface area contributed by atoms with Gasteiger partial charge in [-0.3, -0.25) is 0 Å². The van der Waals surface area contributed by atoms with Crippen molar-refractivity contribution in [3.8, 4) is 5.75 Å². The molecule has 0 bridgehead atoms. The molecule has 0 radical (unpaired) electrons. The van der Waals surface area contributed by atoms with Crippen molar-refractivity contribution in [1.82, 2.24) is 9.97 Å². The van der Waals surface area contributed by atoms with E-state index in [0.29, 0.717) is 11.0 Å². The van der Waals surface area contributed by atoms with E-state index in [4.69, 9.17) is 21.3 Å². The van der Waals surface area contributed by atoms with Crippen LogP contribution in [0.25, 0.3) is 10.9 Å². The maximum Gasteiger partial charge on any atom is 0.229 e. The van der Waals surface area contributed by atoms with Crippen LogP contribution in [0.15, 0.2) is 66.7 Å². The molecule has 1 heterocycles. The SMILES string of the molecule is COc1ccc(Nc2nc(Nc3ccc(Cl)cc3C)nc3ccccc23)cc1. The minimum Gasteiger partial charge on any atom is -0.497 e. The summed E-state index contributed by atoms with van der Waals surface area (Å²) in [6, 6.07) is 21.3. The summed E-state index contributed by atoms with van der Waals surface area (Å²) in [5.41, 5.74) is 3.70. The molecule has 0 amide bonds. The van der Waals surface area contributed by atoms with Gasteiger partial charge >= 0.3 is 0 Å². The van der Waals surface area contributed by atoms with Crippen molar-refractivity contribution in [3.63, 3.8) is 0 Å². The third kappa shape index (κ3) is 3.85. The van der Waals surface area contributed by atoms with Crippen molar-refractivity contribution in [2.24, 2.45) is 0 Å². The Bertz CT molecular complexity index is 1130. The molecule has 0 spiro atoms. The number of nitrogens with one attached hydrogen (secondary N) is 2. The van der Waals surface area contributed by atoms with Crippen LogP contribution in [-0.4, -0.2) is 17.1 Å². The number of rotatable bonds is 5. The molecule has 3 aromatic carbocycles. The lowest BCUT2D eigenvalue weighted by Gasteiger charge is -2.13. The Balaban J connectivity index is 1.72. The van der Waals surface area contributed by atoms with Crippen molar-refractivity contribution in [2.45, 2.75) is 6.92 Å². The van der Waals surface area contributed by atoms with Crippen LogP contribution >= 0.6 is 11.6 Å². The Morgan fingerprint density at radius 3 is 2.43 bits per heavy atom. The number of hydrogen-bond donors (Lipinski definition) is 2. The van der Waals surface area contributed by atoms with Gasteiger partial charge in [0.25, 0.3) is 0 Å². The zero-order chi connectivity index (χ0) is 19.5. The van der Waals surface area contributed by atoms with Gasteiger partial charge in [-0.2, -0.15) is 4.98 Å². The van der Waals surface area contributed by atoms with Gasteiger partial charge in [-0.1, -0.05) is 23.7 Å². The van der Waals surface area contributed by atoms with Crippen LogP contribution in [0.1, 0.15) is 5.56 Å². The minimum absolute atomic E-state index is 0.514. The fourth-order valence-corrected chi connectivity index (χ4v) is 3.15. The van der Waals surface area contributed by atoms with Crippen molar-refractivity contribution in [2.75, 3.05) is 17.7 Å². The third-order valence-electron chi connectivity index (χ3n) is 4.39. The van der Waals surface area contributed by atoms with Gasteiger partial charge in [0.1, 0.15) is 11.6 Å². The lowest BCUT2D eigenvalue weighted by atomic mass is 10.2. The lowest BCUT2D eigenvalue weighted by molar-refractivity contribution is 0.415. The monoisotopic (exact) mass is 390 g/mol. The molecule has 0 aliphatic rings. The highest BCUT2D eigenvalue weighted by atomic mass is 35.5. The van der Waals surface area contributed by atoms with E-state index in [0.717, 1.165) is 39.4 Å². The van der Waals surface area contributed by atoms with E-state index in [1.165, 1.54) is 0 Å². The van der Waals surface area contributed by atoms with E-state index in [-0.39, 0.29) is 0 Å². The first-order valence-electron chi connectivity index (χ1n) is 8.83. The number of para-hydroxylation sites is 1. The molecule has 0 saturated heterocycles. The molecular formula is C22H19ClN4O. The second-order valence-corrected chi connectivity index (χ2v) is 6.79. The van der Waals surface area contributed by atoms with Gasteiger partial charge in [-0.05, 0) is 67.1 Å². The second kappa shape index (κ2) is 7.74. The fraction of sp³-hybridized carbons (Fsp3) is 0.0909. The average Bonchev–Trinajstić information content (AvgIpc) is 2.71. The van der Waals surface area contributed by atoms with E-state index in [9.17, 15) is 0 Å². The molecule has 0 unspecified atom stereocenters. The highest BCUT2D eigenvalue weighted by molar-refractivity contribution is 6.30. The van der Waals surface area contributed by atoms with Crippen LogP contribution in [0, 0.1) is 6.92 Å². The molecule has 2 N–H and O–H groups in total. The molecule has 0 saturated carbocycles. The number of anilines is 4. The molecule has 0 aliphatic heterocycles. The number of aromatic nitrogens is 2. The van der Waals surface area contributed by atoms with Crippen LogP contribution < -0.4 is 15.4 Å². The van der Waals surface area contributed by atoms with Crippen molar-refractivity contribution in [3.05, 3.63) is 77.3 Å². The predicted octanol–water partition coefficient (Wildman–Crippen LogP) is 6.09. The zero-order valence-corrected chi connectivity index (χ0v) is 16.3. The van der Waals surface area contributed by atoms with Crippen LogP contribution in [0.3, 0.4) is 0 Å². The molecule has 6 heteroatoms. The first-order valence-corrected chi connectivity index (χ1v) is 9.21. The molecule has 4 aromatic rings. The average molecular weight is 391 g/mol. The van der Waals surface area contributed by atoms with Crippen LogP contribution in [0.4, 0.5) is 23.1 Å². The van der Waals surface area contributed by atoms with E-state index in [1.807, 2.05) is 73.7 Å². The van der Waals surface area contributed by atoms with E-state index >= 15 is 0 Å². The van der Waals surface area contributed by atoms with Gasteiger partial charge in [0, 0.05) is 21.8 Å². The number of nitrogens with zero attached hydrogens (tertiary/aromatic N) is 2. The highest BCUT2D eigenvalue weighted by Crippen LogP contribution is 2.28. The van der Waals surface area contributed by atoms with Crippen LogP contribution in [-0.2, 0) is 0 Å². The zero-order valence-electron chi connectivity index (χ0n) is 15.5. The third-order valence-corrected chi connectivity index (χ3v) is 4.63. The Morgan fingerprint density at radius 2 is 1.68 bits per heavy atom. The topological polar surface area (TPSA) is 59.1 Å². The second-order valence-electron chi connectivity index (χ2n) is 6.35. The summed E-state index contributed by atoms with van der Waals surface area (Å²) in [7, 11) is 1.65. The maximum absolute atomic E-state index is 6.06. The first kappa shape index (κ1) is 18.1. The summed E-state index contributed by atoms with van der Waals surface area (Å²) in [4.78, 5) is 9.35. The standard InChI is InChI=1S/C22H19ClN4O/c1-14-13-15(23)7-12-19(14)25-22-26-20-6-4-3-5-18(20)21(27-22)24-16-8-10-17(28-2)11-9-16/h3-13H,1-2H3,(H2,24,25,26,27). The number of aryl methyl sites for hydroxylation is 1. The normalized spacial score (nSPS) is 10.7. The number of benzene rings is 3. The lowest BCUT2D eigenvalue weighted by Crippen LogP contribution is -2.03. The predicted molar refractivity (Wildman–Crippen MR) is 115 cm³/mol. The number of fused-ring (bicyclic) bond motifs is 1. The summed E-state index contributed by atoms with van der Waals surface area (Å²) in [5.74, 6) is 2.05. The quantitative estimate of drug-likeness (QED) is 0.432. The van der Waals surface area contributed by atoms with Crippen LogP contribution in [0.2, 0.25) is 5.02 Å². The highest BCUT2D eigenvalue weighted by Gasteiger charge is 2.09. The first-order chi connectivity index (χ1) is 13.6. The maximum atomic E-state index is 6.06. The summed E-state index contributed by atoms with van der Waals surface area (Å²) < 4.78 is 5.22. The molecular weight excluding hydrogens is 372 g/mol. The van der Waals surface area contributed by atoms with Gasteiger partial charge < -0.3 is 15.4 Å².